The van der Waals surface area contributed by atoms with Crippen LogP contribution in [0.5, 0.6) is 5.75 Å². The van der Waals surface area contributed by atoms with Gasteiger partial charge in [-0.1, -0.05) is 6.07 Å². The number of piperidine rings is 1. The maximum Gasteiger partial charge on any atom is 0.410 e. The molecule has 7 heteroatoms. The van der Waals surface area contributed by atoms with E-state index in [2.05, 4.69) is 4.98 Å². The predicted molar refractivity (Wildman–Crippen MR) is 96.1 cm³/mol. The molecule has 3 rings (SSSR count). The lowest BCUT2D eigenvalue weighted by Gasteiger charge is -2.31. The topological polar surface area (TPSA) is 73.7 Å². The maximum absolute atomic E-state index is 12.2. The Morgan fingerprint density at radius 3 is 2.73 bits per heavy atom. The third kappa shape index (κ3) is 4.41. The van der Waals surface area contributed by atoms with Crippen molar-refractivity contribution in [3.8, 4) is 5.75 Å². The molecule has 0 saturated carbocycles. The molecule has 0 N–H and O–H groups in total. The lowest BCUT2D eigenvalue weighted by molar-refractivity contribution is 0.0637. The van der Waals surface area contributed by atoms with Crippen molar-refractivity contribution in [3.63, 3.8) is 0 Å². The molecule has 138 valence electrons. The first-order valence-corrected chi connectivity index (χ1v) is 8.68. The van der Waals surface area contributed by atoms with Gasteiger partial charge < -0.3 is 18.9 Å². The number of amides is 1. The van der Waals surface area contributed by atoms with Crippen LogP contribution in [-0.4, -0.2) is 39.7 Å². The molecule has 0 unspecified atom stereocenters. The van der Waals surface area contributed by atoms with E-state index in [1.54, 1.807) is 28.9 Å². The average Bonchev–Trinajstić information content (AvgIpc) is 2.65. The van der Waals surface area contributed by atoms with Gasteiger partial charge in [-0.05, 0) is 19.1 Å². The quantitative estimate of drug-likeness (QED) is 0.839. The summed E-state index contributed by atoms with van der Waals surface area (Å²) in [5.41, 5.74) is 1.63. The van der Waals surface area contributed by atoms with Gasteiger partial charge in [-0.2, -0.15) is 0 Å². The molecule has 0 aromatic carbocycles. The van der Waals surface area contributed by atoms with Crippen molar-refractivity contribution in [2.24, 2.45) is 7.05 Å². The Kier molecular flexibility index (Phi) is 5.55. The smallest absolute Gasteiger partial charge is 0.410 e. The number of aryl methyl sites for hydroxylation is 1. The van der Waals surface area contributed by atoms with Crippen molar-refractivity contribution in [2.45, 2.75) is 32.5 Å². The van der Waals surface area contributed by atoms with Crippen LogP contribution in [0.1, 0.15) is 24.1 Å². The number of likely N-dealkylation sites (tertiary alicyclic amines) is 1. The number of hydrogen-bond acceptors (Lipinski definition) is 5. The molecule has 0 atom stereocenters. The zero-order valence-electron chi connectivity index (χ0n) is 15.1. The highest BCUT2D eigenvalue weighted by Gasteiger charge is 2.25. The van der Waals surface area contributed by atoms with Crippen molar-refractivity contribution in [3.05, 3.63) is 58.3 Å². The van der Waals surface area contributed by atoms with Crippen LogP contribution in [0.25, 0.3) is 0 Å². The second-order valence-corrected chi connectivity index (χ2v) is 6.45. The molecular formula is C19H23N3O4. The molecule has 3 heterocycles. The summed E-state index contributed by atoms with van der Waals surface area (Å²) in [5.74, 6) is 0.586. The van der Waals surface area contributed by atoms with Crippen molar-refractivity contribution in [2.75, 3.05) is 13.1 Å². The SMILES string of the molecule is Cc1cc(OC2CCN(C(=O)OCc3cccnc3)CC2)cc(=O)n1C. The Labute approximate surface area is 152 Å². The second kappa shape index (κ2) is 8.03. The first kappa shape index (κ1) is 18.0. The van der Waals surface area contributed by atoms with E-state index in [0.29, 0.717) is 31.7 Å². The molecule has 2 aromatic rings. The zero-order valence-corrected chi connectivity index (χ0v) is 15.1. The molecule has 1 aliphatic rings. The van der Waals surface area contributed by atoms with E-state index in [4.69, 9.17) is 9.47 Å². The predicted octanol–water partition coefficient (Wildman–Crippen LogP) is 2.27. The van der Waals surface area contributed by atoms with E-state index in [9.17, 15) is 9.59 Å². The number of nitrogens with zero attached hydrogens (tertiary/aromatic N) is 3. The number of pyridine rings is 2. The minimum atomic E-state index is -0.322. The third-order valence-electron chi connectivity index (χ3n) is 4.56. The number of carbonyl (C=O) groups excluding carboxylic acids is 1. The highest BCUT2D eigenvalue weighted by Crippen LogP contribution is 2.19. The van der Waals surface area contributed by atoms with Gasteiger partial charge in [0.1, 0.15) is 18.5 Å². The molecule has 1 saturated heterocycles. The monoisotopic (exact) mass is 357 g/mol. The molecule has 26 heavy (non-hydrogen) atoms. The van der Waals surface area contributed by atoms with E-state index in [1.165, 1.54) is 6.07 Å². The van der Waals surface area contributed by atoms with Crippen LogP contribution in [0.4, 0.5) is 4.79 Å². The first-order valence-electron chi connectivity index (χ1n) is 8.68. The molecule has 2 aromatic heterocycles. The number of hydrogen-bond donors (Lipinski definition) is 0. The second-order valence-electron chi connectivity index (χ2n) is 6.45. The molecule has 1 amide bonds. The summed E-state index contributed by atoms with van der Waals surface area (Å²) >= 11 is 0. The van der Waals surface area contributed by atoms with Crippen LogP contribution < -0.4 is 10.3 Å². The summed E-state index contributed by atoms with van der Waals surface area (Å²) in [6.45, 7) is 3.23. The minimum Gasteiger partial charge on any atom is -0.490 e. The average molecular weight is 357 g/mol. The van der Waals surface area contributed by atoms with Gasteiger partial charge in [0.15, 0.2) is 0 Å². The molecule has 0 spiro atoms. The van der Waals surface area contributed by atoms with Gasteiger partial charge in [-0.15, -0.1) is 0 Å². The fraction of sp³-hybridized carbons (Fsp3) is 0.421. The highest BCUT2D eigenvalue weighted by atomic mass is 16.6. The van der Waals surface area contributed by atoms with Crippen molar-refractivity contribution < 1.29 is 14.3 Å². The molecule has 1 fully saturated rings. The van der Waals surface area contributed by atoms with Crippen molar-refractivity contribution >= 4 is 6.09 Å². The summed E-state index contributed by atoms with van der Waals surface area (Å²) in [7, 11) is 1.73. The fourth-order valence-corrected chi connectivity index (χ4v) is 2.87. The molecule has 1 aliphatic heterocycles. The van der Waals surface area contributed by atoms with E-state index < -0.39 is 0 Å². The Bertz CT molecular complexity index is 811. The molecule has 7 nitrogen and oxygen atoms in total. The maximum atomic E-state index is 12.2. The number of ether oxygens (including phenoxy) is 2. The van der Waals surface area contributed by atoms with E-state index in [1.807, 2.05) is 25.1 Å². The standard InChI is InChI=1S/C19H23N3O4/c1-14-10-17(11-18(23)21(14)2)26-16-5-8-22(9-6-16)19(24)25-13-15-4-3-7-20-12-15/h3-4,7,10-12,16H,5-6,8-9,13H2,1-2H3. The highest BCUT2D eigenvalue weighted by molar-refractivity contribution is 5.67. The summed E-state index contributed by atoms with van der Waals surface area (Å²) in [5, 5.41) is 0. The summed E-state index contributed by atoms with van der Waals surface area (Å²) in [4.78, 5) is 29.7. The van der Waals surface area contributed by atoms with Gasteiger partial charge in [0.2, 0.25) is 0 Å². The van der Waals surface area contributed by atoms with Gasteiger partial charge in [0.05, 0.1) is 0 Å². The Morgan fingerprint density at radius 1 is 1.31 bits per heavy atom. The Balaban J connectivity index is 1.48. The number of aromatic nitrogens is 2. The van der Waals surface area contributed by atoms with Crippen molar-refractivity contribution in [1.82, 2.24) is 14.5 Å². The van der Waals surface area contributed by atoms with Crippen LogP contribution >= 0.6 is 0 Å². The largest absolute Gasteiger partial charge is 0.490 e. The lowest BCUT2D eigenvalue weighted by atomic mass is 10.1. The summed E-state index contributed by atoms with van der Waals surface area (Å²) in [6.07, 6.45) is 4.44. The fourth-order valence-electron chi connectivity index (χ4n) is 2.87. The number of rotatable bonds is 4. The van der Waals surface area contributed by atoms with Gasteiger partial charge >= 0.3 is 6.09 Å². The van der Waals surface area contributed by atoms with E-state index >= 15 is 0 Å². The minimum absolute atomic E-state index is 0.0103. The van der Waals surface area contributed by atoms with Crippen LogP contribution in [0.2, 0.25) is 0 Å². The summed E-state index contributed by atoms with van der Waals surface area (Å²) < 4.78 is 12.8. The normalized spacial score (nSPS) is 14.9. The van der Waals surface area contributed by atoms with Crippen molar-refractivity contribution in [1.29, 1.82) is 0 Å². The zero-order chi connectivity index (χ0) is 18.5. The molecule has 0 radical (unpaired) electrons. The first-order chi connectivity index (χ1) is 12.5. The lowest BCUT2D eigenvalue weighted by Crippen LogP contribution is -2.42. The van der Waals surface area contributed by atoms with Crippen LogP contribution in [-0.2, 0) is 18.4 Å². The molecule has 0 bridgehead atoms. The van der Waals surface area contributed by atoms with Crippen LogP contribution in [0, 0.1) is 6.92 Å². The molecule has 0 aliphatic carbocycles. The molecular weight excluding hydrogens is 334 g/mol. The van der Waals surface area contributed by atoms with Crippen LogP contribution in [0.15, 0.2) is 41.5 Å². The Hall–Kier alpha value is -2.83. The van der Waals surface area contributed by atoms with Crippen LogP contribution in [0.3, 0.4) is 0 Å². The van der Waals surface area contributed by atoms with Gasteiger partial charge in [0.25, 0.3) is 5.56 Å². The number of carbonyl (C=O) groups is 1. The summed E-state index contributed by atoms with van der Waals surface area (Å²) in [6, 6.07) is 7.04. The third-order valence-corrected chi connectivity index (χ3v) is 4.56. The van der Waals surface area contributed by atoms with E-state index in [-0.39, 0.29) is 24.4 Å². The van der Waals surface area contributed by atoms with Gasteiger partial charge in [-0.3, -0.25) is 9.78 Å². The van der Waals surface area contributed by atoms with Gasteiger partial charge in [-0.25, -0.2) is 4.79 Å². The van der Waals surface area contributed by atoms with Gasteiger partial charge in [0, 0.05) is 62.7 Å². The Morgan fingerprint density at radius 2 is 2.08 bits per heavy atom. The van der Waals surface area contributed by atoms with E-state index in [0.717, 1.165) is 11.3 Å².